The van der Waals surface area contributed by atoms with Crippen molar-refractivity contribution in [2.24, 2.45) is 0 Å². The van der Waals surface area contributed by atoms with E-state index in [1.165, 1.54) is 12.3 Å². The summed E-state index contributed by atoms with van der Waals surface area (Å²) >= 11 is 5.74. The van der Waals surface area contributed by atoms with Crippen molar-refractivity contribution in [2.75, 3.05) is 0 Å². The van der Waals surface area contributed by atoms with Crippen LogP contribution in [0.3, 0.4) is 0 Å². The maximum absolute atomic E-state index is 14.0. The van der Waals surface area contributed by atoms with Gasteiger partial charge in [0.05, 0.1) is 11.1 Å². The van der Waals surface area contributed by atoms with Crippen LogP contribution in [0, 0.1) is 5.82 Å². The number of aromatic nitrogens is 1. The highest BCUT2D eigenvalue weighted by Gasteiger charge is 2.21. The lowest BCUT2D eigenvalue weighted by molar-refractivity contribution is 0.195. The van der Waals surface area contributed by atoms with Crippen molar-refractivity contribution < 1.29 is 13.9 Å². The lowest BCUT2D eigenvalue weighted by atomic mass is 10.1. The second-order valence-electron chi connectivity index (χ2n) is 4.42. The first kappa shape index (κ1) is 16.0. The molecular formula is C16H14ClFN2O2. The zero-order valence-electron chi connectivity index (χ0n) is 11.6. The summed E-state index contributed by atoms with van der Waals surface area (Å²) in [5.74, 6) is -0.284. The fourth-order valence-corrected chi connectivity index (χ4v) is 2.00. The molecule has 0 spiro atoms. The summed E-state index contributed by atoms with van der Waals surface area (Å²) in [4.78, 5) is 15.9. The summed E-state index contributed by atoms with van der Waals surface area (Å²) in [5.41, 5.74) is 0.0393. The molecule has 0 aliphatic heterocycles. The van der Waals surface area contributed by atoms with Gasteiger partial charge in [0.2, 0.25) is 0 Å². The lowest BCUT2D eigenvalue weighted by Crippen LogP contribution is -2.32. The smallest absolute Gasteiger partial charge is 0.410 e. The monoisotopic (exact) mass is 320 g/mol. The van der Waals surface area contributed by atoms with Crippen LogP contribution < -0.4 is 10.1 Å². The van der Waals surface area contributed by atoms with Crippen molar-refractivity contribution in [3.05, 3.63) is 71.8 Å². The Morgan fingerprint density at radius 3 is 2.82 bits per heavy atom. The zero-order valence-corrected chi connectivity index (χ0v) is 12.4. The highest BCUT2D eigenvalue weighted by molar-refractivity contribution is 6.30. The molecule has 1 amide bonds. The SMILES string of the molecule is C=CC[C@H](NC(=O)Oc1ccccc1)c1nccc(Cl)c1F. The van der Waals surface area contributed by atoms with Gasteiger partial charge in [0.1, 0.15) is 11.4 Å². The number of halogens is 2. The summed E-state index contributed by atoms with van der Waals surface area (Å²) in [6.45, 7) is 3.59. The molecule has 1 atom stereocenters. The van der Waals surface area contributed by atoms with E-state index in [4.69, 9.17) is 16.3 Å². The van der Waals surface area contributed by atoms with Crippen LogP contribution in [-0.2, 0) is 0 Å². The quantitative estimate of drug-likeness (QED) is 0.837. The number of ether oxygens (including phenoxy) is 1. The number of amides is 1. The van der Waals surface area contributed by atoms with Crippen LogP contribution in [0.2, 0.25) is 5.02 Å². The van der Waals surface area contributed by atoms with E-state index in [1.807, 2.05) is 0 Å². The van der Waals surface area contributed by atoms with Gasteiger partial charge in [-0.15, -0.1) is 6.58 Å². The fraction of sp³-hybridized carbons (Fsp3) is 0.125. The molecule has 0 aliphatic rings. The van der Waals surface area contributed by atoms with Crippen LogP contribution >= 0.6 is 11.6 Å². The lowest BCUT2D eigenvalue weighted by Gasteiger charge is -2.17. The summed E-state index contributed by atoms with van der Waals surface area (Å²) in [7, 11) is 0. The molecule has 0 fully saturated rings. The summed E-state index contributed by atoms with van der Waals surface area (Å²) in [6.07, 6.45) is 2.50. The minimum atomic E-state index is -0.715. The second-order valence-corrected chi connectivity index (χ2v) is 4.82. The van der Waals surface area contributed by atoms with Gasteiger partial charge in [-0.3, -0.25) is 4.98 Å². The van der Waals surface area contributed by atoms with Crippen molar-refractivity contribution in [2.45, 2.75) is 12.5 Å². The van der Waals surface area contributed by atoms with Gasteiger partial charge in [0.25, 0.3) is 0 Å². The summed E-state index contributed by atoms with van der Waals surface area (Å²) in [6, 6.07) is 9.18. The van der Waals surface area contributed by atoms with Gasteiger partial charge in [-0.25, -0.2) is 9.18 Å². The maximum atomic E-state index is 14.0. The average Bonchev–Trinajstić information content (AvgIpc) is 2.50. The number of para-hydroxylation sites is 1. The number of carbonyl (C=O) groups excluding carboxylic acids is 1. The number of benzene rings is 1. The Kier molecular flexibility index (Phi) is 5.49. The second kappa shape index (κ2) is 7.56. The van der Waals surface area contributed by atoms with Gasteiger partial charge in [0.15, 0.2) is 5.82 Å². The molecule has 0 radical (unpaired) electrons. The summed E-state index contributed by atoms with van der Waals surface area (Å²) in [5, 5.41) is 2.50. The normalized spacial score (nSPS) is 11.5. The van der Waals surface area contributed by atoms with Crippen molar-refractivity contribution in [3.63, 3.8) is 0 Å². The van der Waals surface area contributed by atoms with Crippen molar-refractivity contribution in [1.82, 2.24) is 10.3 Å². The first-order valence-electron chi connectivity index (χ1n) is 6.56. The van der Waals surface area contributed by atoms with Crippen molar-refractivity contribution >= 4 is 17.7 Å². The molecule has 1 aromatic carbocycles. The van der Waals surface area contributed by atoms with Crippen LogP contribution in [0.1, 0.15) is 18.2 Å². The number of rotatable bonds is 5. The third kappa shape index (κ3) is 4.05. The minimum Gasteiger partial charge on any atom is -0.410 e. The molecule has 22 heavy (non-hydrogen) atoms. The molecule has 1 heterocycles. The van der Waals surface area contributed by atoms with E-state index in [2.05, 4.69) is 16.9 Å². The molecule has 114 valence electrons. The standard InChI is InChI=1S/C16H14ClFN2O2/c1-2-6-13(15-14(18)12(17)9-10-19-15)20-16(21)22-11-7-4-3-5-8-11/h2-5,7-10,13H,1,6H2,(H,20,21)/t13-/m0/s1. The third-order valence-corrected chi connectivity index (χ3v) is 3.14. The molecule has 1 N–H and O–H groups in total. The first-order chi connectivity index (χ1) is 10.6. The van der Waals surface area contributed by atoms with E-state index < -0.39 is 18.0 Å². The van der Waals surface area contributed by atoms with E-state index in [-0.39, 0.29) is 17.1 Å². The molecule has 6 heteroatoms. The highest BCUT2D eigenvalue weighted by atomic mass is 35.5. The number of pyridine rings is 1. The third-order valence-electron chi connectivity index (χ3n) is 2.85. The van der Waals surface area contributed by atoms with Gasteiger partial charge < -0.3 is 10.1 Å². The minimum absolute atomic E-state index is 0.0393. The van der Waals surface area contributed by atoms with Crippen molar-refractivity contribution in [1.29, 1.82) is 0 Å². The average molecular weight is 321 g/mol. The van der Waals surface area contributed by atoms with Crippen LogP contribution in [0.15, 0.2) is 55.3 Å². The molecule has 0 aliphatic carbocycles. The number of nitrogens with zero attached hydrogens (tertiary/aromatic N) is 1. The molecule has 0 unspecified atom stereocenters. The van der Waals surface area contributed by atoms with Crippen LogP contribution in [0.25, 0.3) is 0 Å². The Labute approximate surface area is 132 Å². The van der Waals surface area contributed by atoms with E-state index >= 15 is 0 Å². The Hall–Kier alpha value is -2.40. The predicted octanol–water partition coefficient (Wildman–Crippen LogP) is 4.28. The molecule has 0 bridgehead atoms. The fourth-order valence-electron chi connectivity index (χ4n) is 1.85. The van der Waals surface area contributed by atoms with Gasteiger partial charge in [-0.05, 0) is 24.6 Å². The van der Waals surface area contributed by atoms with Crippen LogP contribution in [-0.4, -0.2) is 11.1 Å². The predicted molar refractivity (Wildman–Crippen MR) is 82.4 cm³/mol. The Bertz CT molecular complexity index is 664. The Morgan fingerprint density at radius 1 is 1.41 bits per heavy atom. The maximum Gasteiger partial charge on any atom is 0.413 e. The Balaban J connectivity index is 2.13. The first-order valence-corrected chi connectivity index (χ1v) is 6.93. The topological polar surface area (TPSA) is 51.2 Å². The highest BCUT2D eigenvalue weighted by Crippen LogP contribution is 2.23. The molecule has 2 aromatic rings. The van der Waals surface area contributed by atoms with Crippen LogP contribution in [0.5, 0.6) is 5.75 Å². The number of hydrogen-bond acceptors (Lipinski definition) is 3. The largest absolute Gasteiger partial charge is 0.413 e. The number of carbonyl (C=O) groups is 1. The molecule has 4 nitrogen and oxygen atoms in total. The van der Waals surface area contributed by atoms with E-state index in [0.717, 1.165) is 0 Å². The molecule has 0 saturated carbocycles. The number of hydrogen-bond donors (Lipinski definition) is 1. The van der Waals surface area contributed by atoms with E-state index in [1.54, 1.807) is 36.4 Å². The van der Waals surface area contributed by atoms with Crippen LogP contribution in [0.4, 0.5) is 9.18 Å². The van der Waals surface area contributed by atoms with Crippen molar-refractivity contribution in [3.8, 4) is 5.75 Å². The van der Waals surface area contributed by atoms with Gasteiger partial charge >= 0.3 is 6.09 Å². The molecule has 2 rings (SSSR count). The van der Waals surface area contributed by atoms with E-state index in [0.29, 0.717) is 5.75 Å². The van der Waals surface area contributed by atoms with E-state index in [9.17, 15) is 9.18 Å². The van der Waals surface area contributed by atoms with Gasteiger partial charge in [-0.2, -0.15) is 0 Å². The van der Waals surface area contributed by atoms with Gasteiger partial charge in [-0.1, -0.05) is 35.9 Å². The Morgan fingerprint density at radius 2 is 2.14 bits per heavy atom. The summed E-state index contributed by atoms with van der Waals surface area (Å²) < 4.78 is 19.1. The zero-order chi connectivity index (χ0) is 15.9. The number of nitrogens with one attached hydrogen (secondary N) is 1. The molecule has 1 aromatic heterocycles. The van der Waals surface area contributed by atoms with Gasteiger partial charge in [0, 0.05) is 6.20 Å². The molecular weight excluding hydrogens is 307 g/mol. The molecule has 0 saturated heterocycles.